The molecular formula is C15H29NaO5S. The molecule has 7 heteroatoms. The van der Waals surface area contributed by atoms with Crippen LogP contribution in [0.25, 0.3) is 0 Å². The van der Waals surface area contributed by atoms with Crippen LogP contribution in [0, 0.1) is 0 Å². The maximum Gasteiger partial charge on any atom is 1.00 e. The van der Waals surface area contributed by atoms with E-state index in [1.165, 1.54) is 51.4 Å². The van der Waals surface area contributed by atoms with Crippen molar-refractivity contribution in [3.8, 4) is 0 Å². The summed E-state index contributed by atoms with van der Waals surface area (Å²) in [7, 11) is 0. The first-order valence-electron chi connectivity index (χ1n) is 8.05. The van der Waals surface area contributed by atoms with Gasteiger partial charge in [0.1, 0.15) is 0 Å². The summed E-state index contributed by atoms with van der Waals surface area (Å²) in [6.07, 6.45) is 12.8. The smallest absolute Gasteiger partial charge is 0.691 e. The number of unbranched alkanes of at least 4 members (excludes halogenated alkanes) is 9. The summed E-state index contributed by atoms with van der Waals surface area (Å²) in [5.74, 6) is 0.104. The number of carbonyl (C=O) groups excluding carboxylic acids is 1. The SMILES string of the molecule is CCCCCCCCCCCCOC(=O)CCSOO[O-].[Na+]. The summed E-state index contributed by atoms with van der Waals surface area (Å²) in [4.78, 5) is 11.3. The van der Waals surface area contributed by atoms with Crippen LogP contribution in [-0.2, 0) is 18.9 Å². The molecule has 0 aromatic heterocycles. The zero-order valence-electron chi connectivity index (χ0n) is 14.1. The average molecular weight is 344 g/mol. The second-order valence-corrected chi connectivity index (χ2v) is 5.89. The van der Waals surface area contributed by atoms with Gasteiger partial charge in [0.2, 0.25) is 0 Å². The van der Waals surface area contributed by atoms with Gasteiger partial charge in [0.05, 0.1) is 13.0 Å². The molecule has 126 valence electrons. The summed E-state index contributed by atoms with van der Waals surface area (Å²) in [5.41, 5.74) is 0. The fourth-order valence-corrected chi connectivity index (χ4v) is 2.38. The zero-order valence-corrected chi connectivity index (χ0v) is 17.0. The Labute approximate surface area is 161 Å². The van der Waals surface area contributed by atoms with Crippen LogP contribution >= 0.6 is 12.0 Å². The van der Waals surface area contributed by atoms with Crippen molar-refractivity contribution in [2.24, 2.45) is 0 Å². The van der Waals surface area contributed by atoms with Crippen molar-refractivity contribution in [1.82, 2.24) is 0 Å². The van der Waals surface area contributed by atoms with Crippen molar-refractivity contribution < 1.29 is 53.7 Å². The van der Waals surface area contributed by atoms with Crippen molar-refractivity contribution >= 4 is 18.0 Å². The quantitative estimate of drug-likeness (QED) is 0.103. The monoisotopic (exact) mass is 344 g/mol. The van der Waals surface area contributed by atoms with Gasteiger partial charge in [-0.1, -0.05) is 64.7 Å². The molecule has 0 amide bonds. The summed E-state index contributed by atoms with van der Waals surface area (Å²) < 4.78 is 9.12. The fraction of sp³-hybridized carbons (Fsp3) is 0.933. The van der Waals surface area contributed by atoms with E-state index in [4.69, 9.17) is 4.74 Å². The van der Waals surface area contributed by atoms with Crippen LogP contribution in [0.5, 0.6) is 0 Å². The van der Waals surface area contributed by atoms with Crippen LogP contribution in [0.3, 0.4) is 0 Å². The first-order chi connectivity index (χ1) is 10.3. The minimum Gasteiger partial charge on any atom is -0.691 e. The van der Waals surface area contributed by atoms with E-state index in [-0.39, 0.29) is 41.9 Å². The second-order valence-electron chi connectivity index (χ2n) is 5.11. The normalized spacial score (nSPS) is 10.3. The molecule has 0 aromatic rings. The van der Waals surface area contributed by atoms with E-state index in [9.17, 15) is 10.1 Å². The van der Waals surface area contributed by atoms with E-state index in [2.05, 4.69) is 16.3 Å². The molecule has 0 aliphatic carbocycles. The van der Waals surface area contributed by atoms with Crippen molar-refractivity contribution in [3.63, 3.8) is 0 Å². The van der Waals surface area contributed by atoms with Gasteiger partial charge >= 0.3 is 35.5 Å². The zero-order chi connectivity index (χ0) is 15.6. The Hall–Kier alpha value is 0.700. The number of ether oxygens (including phenoxy) is 1. The topological polar surface area (TPSA) is 67.8 Å². The summed E-state index contributed by atoms with van der Waals surface area (Å²) in [6.45, 7) is 2.72. The van der Waals surface area contributed by atoms with E-state index in [0.717, 1.165) is 24.9 Å². The molecule has 22 heavy (non-hydrogen) atoms. The molecular weight excluding hydrogens is 315 g/mol. The third kappa shape index (κ3) is 20.7. The van der Waals surface area contributed by atoms with Crippen molar-refractivity contribution in [1.29, 1.82) is 0 Å². The molecule has 0 N–H and O–H groups in total. The number of hydrogen-bond donors (Lipinski definition) is 0. The van der Waals surface area contributed by atoms with E-state index in [0.29, 0.717) is 12.4 Å². The number of rotatable bonds is 16. The minimum absolute atomic E-state index is 0. The standard InChI is InChI=1S/C15H30O5S.Na/c1-2-3-4-5-6-7-8-9-10-11-13-18-15(16)12-14-21-20-19-17;/h17H,2-14H2,1H3;/q;+1/p-1. The molecule has 0 fully saturated rings. The summed E-state index contributed by atoms with van der Waals surface area (Å²) >= 11 is 0.806. The molecule has 0 atom stereocenters. The van der Waals surface area contributed by atoms with Crippen LogP contribution in [0.4, 0.5) is 0 Å². The molecule has 0 rings (SSSR count). The van der Waals surface area contributed by atoms with Gasteiger partial charge in [0, 0.05) is 17.8 Å². The van der Waals surface area contributed by atoms with E-state index < -0.39 is 0 Å². The van der Waals surface area contributed by atoms with Gasteiger partial charge in [-0.3, -0.25) is 9.83 Å². The molecule has 0 saturated carbocycles. The Balaban J connectivity index is 0. The fourth-order valence-electron chi connectivity index (χ4n) is 2.03. The second kappa shape index (κ2) is 21.7. The Morgan fingerprint density at radius 1 is 0.955 bits per heavy atom. The van der Waals surface area contributed by atoms with E-state index in [1.807, 2.05) is 0 Å². The first kappa shape index (κ1) is 24.9. The molecule has 0 unspecified atom stereocenters. The van der Waals surface area contributed by atoms with Gasteiger partial charge in [-0.05, 0) is 6.42 Å². The van der Waals surface area contributed by atoms with Crippen LogP contribution in [0.15, 0.2) is 0 Å². The Morgan fingerprint density at radius 2 is 1.50 bits per heavy atom. The minimum atomic E-state index is -0.257. The Kier molecular flexibility index (Phi) is 24.6. The van der Waals surface area contributed by atoms with E-state index >= 15 is 0 Å². The third-order valence-electron chi connectivity index (χ3n) is 3.23. The third-order valence-corrected chi connectivity index (χ3v) is 3.75. The number of hydrogen-bond acceptors (Lipinski definition) is 6. The molecule has 0 radical (unpaired) electrons. The summed E-state index contributed by atoms with van der Waals surface area (Å²) in [5, 5.41) is 12.7. The van der Waals surface area contributed by atoms with Gasteiger partial charge in [-0.25, -0.2) is 0 Å². The van der Waals surface area contributed by atoms with Crippen molar-refractivity contribution in [3.05, 3.63) is 0 Å². The van der Waals surface area contributed by atoms with Crippen LogP contribution in [0.2, 0.25) is 0 Å². The van der Waals surface area contributed by atoms with Crippen LogP contribution < -0.4 is 34.8 Å². The Bertz CT molecular complexity index is 232. The van der Waals surface area contributed by atoms with Crippen molar-refractivity contribution in [2.45, 2.75) is 77.6 Å². The van der Waals surface area contributed by atoms with Gasteiger partial charge in [-0.2, -0.15) is 4.33 Å². The van der Waals surface area contributed by atoms with Crippen LogP contribution in [0.1, 0.15) is 77.6 Å². The van der Waals surface area contributed by atoms with Gasteiger partial charge in [-0.15, -0.1) is 0 Å². The number of esters is 1. The molecule has 0 aromatic carbocycles. The molecule has 0 bridgehead atoms. The van der Waals surface area contributed by atoms with Crippen molar-refractivity contribution in [2.75, 3.05) is 12.4 Å². The Morgan fingerprint density at radius 3 is 2.05 bits per heavy atom. The molecule has 0 spiro atoms. The van der Waals surface area contributed by atoms with Gasteiger partial charge < -0.3 is 9.99 Å². The van der Waals surface area contributed by atoms with Gasteiger partial charge in [0.25, 0.3) is 0 Å². The largest absolute Gasteiger partial charge is 1.00 e. The molecule has 0 heterocycles. The first-order valence-corrected chi connectivity index (χ1v) is 8.96. The maximum atomic E-state index is 11.3. The van der Waals surface area contributed by atoms with E-state index in [1.54, 1.807) is 0 Å². The molecule has 0 saturated heterocycles. The predicted molar refractivity (Wildman–Crippen MR) is 82.0 cm³/mol. The molecule has 0 aliphatic heterocycles. The molecule has 5 nitrogen and oxygen atoms in total. The average Bonchev–Trinajstić information content (AvgIpc) is 2.49. The molecule has 0 aliphatic rings. The predicted octanol–water partition coefficient (Wildman–Crippen LogP) is 0.716. The maximum absolute atomic E-state index is 11.3. The number of carbonyl (C=O) groups is 1. The van der Waals surface area contributed by atoms with Crippen LogP contribution in [-0.4, -0.2) is 18.3 Å². The van der Waals surface area contributed by atoms with Gasteiger partial charge in [0.15, 0.2) is 0 Å². The summed E-state index contributed by atoms with van der Waals surface area (Å²) in [6, 6.07) is 0.